The smallest absolute Gasteiger partial charge is 0.427 e. The summed E-state index contributed by atoms with van der Waals surface area (Å²) in [6, 6.07) is 20.5. The van der Waals surface area contributed by atoms with Gasteiger partial charge in [0.1, 0.15) is 5.76 Å². The summed E-state index contributed by atoms with van der Waals surface area (Å²) in [6.45, 7) is 29.8. The Morgan fingerprint density at radius 2 is 0.878 bits per heavy atom. The Bertz CT molecular complexity index is 1190. The van der Waals surface area contributed by atoms with E-state index in [4.69, 9.17) is 4.65 Å². The van der Waals surface area contributed by atoms with Gasteiger partial charge in [-0.3, -0.25) is 0 Å². The second-order valence-corrected chi connectivity index (χ2v) is 13.7. The Morgan fingerprint density at radius 3 is 1.15 bits per heavy atom. The standard InChI is InChI=1S/C39H55BO/c1-14-37(30-18-16-15-17-19-30)41-40(38-33(26(6)7)20-31(24(2)3)21-34(38)27(8)9)39-35(28(10)11)22-32(25(4)5)23-36(39)29(12)13/h14-29H,1-13H3. The van der Waals surface area contributed by atoms with Gasteiger partial charge in [-0.1, -0.05) is 138 Å². The minimum absolute atomic E-state index is 0.214. The van der Waals surface area contributed by atoms with E-state index in [0.717, 1.165) is 11.3 Å². The molecule has 0 saturated heterocycles. The maximum atomic E-state index is 7.38. The van der Waals surface area contributed by atoms with Crippen molar-refractivity contribution in [3.63, 3.8) is 0 Å². The first-order chi connectivity index (χ1) is 19.3. The van der Waals surface area contributed by atoms with Crippen molar-refractivity contribution >= 4 is 23.6 Å². The number of hydrogen-bond acceptors (Lipinski definition) is 1. The van der Waals surface area contributed by atoms with Crippen molar-refractivity contribution in [3.8, 4) is 0 Å². The van der Waals surface area contributed by atoms with Crippen molar-refractivity contribution < 1.29 is 4.65 Å². The van der Waals surface area contributed by atoms with Gasteiger partial charge in [-0.05, 0) is 92.8 Å². The lowest BCUT2D eigenvalue weighted by Gasteiger charge is -2.32. The molecule has 0 spiro atoms. The lowest BCUT2D eigenvalue weighted by Crippen LogP contribution is -2.51. The summed E-state index contributed by atoms with van der Waals surface area (Å²) in [5.74, 6) is 3.37. The van der Waals surface area contributed by atoms with Crippen LogP contribution in [-0.4, -0.2) is 6.92 Å². The SMILES string of the molecule is CC=C(OB(c1c(C(C)C)cc(C(C)C)cc1C(C)C)c1c(C(C)C)cc(C(C)C)cc1C(C)C)c1ccccc1. The molecule has 220 valence electrons. The van der Waals surface area contributed by atoms with E-state index in [1.807, 2.05) is 0 Å². The summed E-state index contributed by atoms with van der Waals surface area (Å²) in [7, 11) is 0. The molecule has 0 fully saturated rings. The van der Waals surface area contributed by atoms with Gasteiger partial charge in [0.05, 0.1) is 0 Å². The van der Waals surface area contributed by atoms with Gasteiger partial charge in [0, 0.05) is 5.56 Å². The first kappa shape index (κ1) is 32.8. The van der Waals surface area contributed by atoms with Crippen LogP contribution in [0, 0.1) is 0 Å². The number of benzene rings is 3. The number of rotatable bonds is 11. The van der Waals surface area contributed by atoms with Crippen LogP contribution >= 0.6 is 0 Å². The van der Waals surface area contributed by atoms with E-state index in [1.165, 1.54) is 44.3 Å². The third kappa shape index (κ3) is 7.38. The highest BCUT2D eigenvalue weighted by Crippen LogP contribution is 2.32. The van der Waals surface area contributed by atoms with Crippen LogP contribution < -0.4 is 10.9 Å². The van der Waals surface area contributed by atoms with Crippen molar-refractivity contribution in [1.82, 2.24) is 0 Å². The third-order valence-corrected chi connectivity index (χ3v) is 8.44. The molecule has 3 aromatic rings. The normalized spacial score (nSPS) is 12.5. The van der Waals surface area contributed by atoms with E-state index in [9.17, 15) is 0 Å². The first-order valence-electron chi connectivity index (χ1n) is 16.0. The Morgan fingerprint density at radius 1 is 0.537 bits per heavy atom. The van der Waals surface area contributed by atoms with E-state index in [1.54, 1.807) is 0 Å². The maximum absolute atomic E-state index is 7.38. The average molecular weight is 551 g/mol. The van der Waals surface area contributed by atoms with E-state index < -0.39 is 0 Å². The maximum Gasteiger partial charge on any atom is 0.427 e. The Kier molecular flexibility index (Phi) is 11.2. The zero-order valence-corrected chi connectivity index (χ0v) is 28.2. The summed E-state index contributed by atoms with van der Waals surface area (Å²) in [5, 5.41) is 0. The molecule has 0 N–H and O–H groups in total. The zero-order valence-electron chi connectivity index (χ0n) is 28.2. The summed E-state index contributed by atoms with van der Waals surface area (Å²) >= 11 is 0. The van der Waals surface area contributed by atoms with E-state index >= 15 is 0 Å². The molecule has 2 heteroatoms. The summed E-state index contributed by atoms with van der Waals surface area (Å²) in [4.78, 5) is 0. The molecule has 0 saturated carbocycles. The lowest BCUT2D eigenvalue weighted by molar-refractivity contribution is 0.544. The van der Waals surface area contributed by atoms with Gasteiger partial charge in [0.25, 0.3) is 0 Å². The average Bonchev–Trinajstić information content (AvgIpc) is 2.92. The molecule has 0 radical (unpaired) electrons. The highest BCUT2D eigenvalue weighted by atomic mass is 16.4. The van der Waals surface area contributed by atoms with E-state index in [2.05, 4.69) is 151 Å². The molecule has 0 amide bonds. The van der Waals surface area contributed by atoms with Crippen molar-refractivity contribution in [2.45, 2.75) is 126 Å². The Balaban J connectivity index is 2.53. The third-order valence-electron chi connectivity index (χ3n) is 8.44. The number of hydrogen-bond donors (Lipinski definition) is 0. The van der Waals surface area contributed by atoms with Crippen molar-refractivity contribution in [2.75, 3.05) is 0 Å². The fourth-order valence-corrected chi connectivity index (χ4v) is 5.92. The minimum Gasteiger partial charge on any atom is -0.551 e. The molecule has 3 rings (SSSR count). The molecule has 0 heterocycles. The van der Waals surface area contributed by atoms with Crippen LogP contribution in [0.2, 0.25) is 0 Å². The van der Waals surface area contributed by atoms with Gasteiger partial charge in [-0.25, -0.2) is 0 Å². The van der Waals surface area contributed by atoms with Crippen LogP contribution in [0.25, 0.3) is 5.76 Å². The minimum atomic E-state index is -0.214. The predicted molar refractivity (Wildman–Crippen MR) is 184 cm³/mol. The topological polar surface area (TPSA) is 9.23 Å². The molecule has 0 aliphatic carbocycles. The second-order valence-electron chi connectivity index (χ2n) is 13.7. The molecule has 1 nitrogen and oxygen atoms in total. The van der Waals surface area contributed by atoms with Crippen LogP contribution in [-0.2, 0) is 4.65 Å². The Hall–Kier alpha value is -2.74. The second kappa shape index (κ2) is 14.0. The van der Waals surface area contributed by atoms with Gasteiger partial charge in [-0.15, -0.1) is 0 Å². The van der Waals surface area contributed by atoms with Crippen LogP contribution in [0.15, 0.2) is 60.7 Å². The van der Waals surface area contributed by atoms with Crippen molar-refractivity contribution in [1.29, 1.82) is 0 Å². The quantitative estimate of drug-likeness (QED) is 0.170. The van der Waals surface area contributed by atoms with Crippen LogP contribution in [0.5, 0.6) is 0 Å². The molecule has 3 aromatic carbocycles. The van der Waals surface area contributed by atoms with E-state index in [0.29, 0.717) is 35.5 Å². The van der Waals surface area contributed by atoms with Gasteiger partial charge in [-0.2, -0.15) is 0 Å². The molecule has 0 bridgehead atoms. The molecule has 41 heavy (non-hydrogen) atoms. The summed E-state index contributed by atoms with van der Waals surface area (Å²) in [6.07, 6.45) is 2.14. The molecule has 0 unspecified atom stereocenters. The van der Waals surface area contributed by atoms with Crippen LogP contribution in [0.1, 0.15) is 164 Å². The predicted octanol–water partition coefficient (Wildman–Crippen LogP) is 10.6. The van der Waals surface area contributed by atoms with Crippen LogP contribution in [0.4, 0.5) is 0 Å². The molecule has 0 aliphatic rings. The van der Waals surface area contributed by atoms with Gasteiger partial charge in [0.15, 0.2) is 0 Å². The Labute approximate surface area is 252 Å². The lowest BCUT2D eigenvalue weighted by atomic mass is 9.47. The first-order valence-corrected chi connectivity index (χ1v) is 16.0. The van der Waals surface area contributed by atoms with Gasteiger partial charge >= 0.3 is 6.92 Å². The number of allylic oxidation sites excluding steroid dienone is 1. The molecular formula is C39H55BO. The van der Waals surface area contributed by atoms with Gasteiger partial charge in [0.2, 0.25) is 0 Å². The monoisotopic (exact) mass is 550 g/mol. The van der Waals surface area contributed by atoms with E-state index in [-0.39, 0.29) is 6.92 Å². The van der Waals surface area contributed by atoms with Crippen LogP contribution in [0.3, 0.4) is 0 Å². The molecule has 0 aliphatic heterocycles. The molecule has 0 aromatic heterocycles. The summed E-state index contributed by atoms with van der Waals surface area (Å²) in [5.41, 5.74) is 12.3. The zero-order chi connectivity index (χ0) is 30.6. The fraction of sp³-hybridized carbons (Fsp3) is 0.487. The van der Waals surface area contributed by atoms with Crippen molar-refractivity contribution in [2.24, 2.45) is 0 Å². The fourth-order valence-electron chi connectivity index (χ4n) is 5.92. The van der Waals surface area contributed by atoms with Gasteiger partial charge < -0.3 is 4.65 Å². The highest BCUT2D eigenvalue weighted by Gasteiger charge is 2.37. The summed E-state index contributed by atoms with van der Waals surface area (Å²) < 4.78 is 7.38. The highest BCUT2D eigenvalue weighted by molar-refractivity contribution is 6.82. The largest absolute Gasteiger partial charge is 0.551 e. The van der Waals surface area contributed by atoms with Crippen molar-refractivity contribution in [3.05, 3.63) is 99.6 Å². The molecule has 0 atom stereocenters. The molecular weight excluding hydrogens is 495 g/mol.